The lowest BCUT2D eigenvalue weighted by molar-refractivity contribution is -0.134. The first-order chi connectivity index (χ1) is 14.4. The monoisotopic (exact) mass is 426 g/mol. The van der Waals surface area contributed by atoms with Crippen molar-refractivity contribution in [2.45, 2.75) is 29.7 Å². The van der Waals surface area contributed by atoms with Crippen LogP contribution in [0.5, 0.6) is 0 Å². The Labute approximate surface area is 174 Å². The molecule has 3 aromatic rings. The van der Waals surface area contributed by atoms with Crippen LogP contribution in [-0.4, -0.2) is 59.4 Å². The van der Waals surface area contributed by atoms with Gasteiger partial charge in [0, 0.05) is 25.8 Å². The summed E-state index contributed by atoms with van der Waals surface area (Å²) in [4.78, 5) is 29.2. The van der Waals surface area contributed by atoms with Gasteiger partial charge in [-0.25, -0.2) is 23.5 Å². The third-order valence-electron chi connectivity index (χ3n) is 6.02. The average Bonchev–Trinajstić information content (AvgIpc) is 3.29. The van der Waals surface area contributed by atoms with Crippen LogP contribution in [0, 0.1) is 0 Å². The largest absolute Gasteiger partial charge is 0.352 e. The summed E-state index contributed by atoms with van der Waals surface area (Å²) >= 11 is 0. The van der Waals surface area contributed by atoms with E-state index in [2.05, 4.69) is 19.9 Å². The SMILES string of the molecule is NS(=O)(=O)c1ccc(CC(=O)N2CCN(c3ncnc4[nH]ccc34)CC23CC3)cc1. The fraction of sp³-hybridized carbons (Fsp3) is 0.350. The molecule has 1 amide bonds. The molecular weight excluding hydrogens is 404 g/mol. The third kappa shape index (κ3) is 3.31. The molecule has 1 saturated carbocycles. The molecule has 2 aliphatic rings. The normalized spacial score (nSPS) is 18.2. The number of nitrogens with zero attached hydrogens (tertiary/aromatic N) is 4. The number of nitrogens with one attached hydrogen (secondary N) is 1. The molecule has 0 bridgehead atoms. The van der Waals surface area contributed by atoms with E-state index in [9.17, 15) is 13.2 Å². The average molecular weight is 427 g/mol. The molecular formula is C20H22N6O3S. The number of hydrogen-bond acceptors (Lipinski definition) is 6. The Kier molecular flexibility index (Phi) is 4.30. The summed E-state index contributed by atoms with van der Waals surface area (Å²) in [7, 11) is -3.73. The van der Waals surface area contributed by atoms with Gasteiger partial charge in [0.2, 0.25) is 15.9 Å². The van der Waals surface area contributed by atoms with Crippen LogP contribution in [0.4, 0.5) is 5.82 Å². The molecule has 1 spiro atoms. The Morgan fingerprint density at radius 2 is 1.90 bits per heavy atom. The van der Waals surface area contributed by atoms with Crippen LogP contribution in [0.3, 0.4) is 0 Å². The lowest BCUT2D eigenvalue weighted by Gasteiger charge is -2.43. The Morgan fingerprint density at radius 3 is 2.60 bits per heavy atom. The highest BCUT2D eigenvalue weighted by Crippen LogP contribution is 2.45. The molecule has 5 rings (SSSR count). The summed E-state index contributed by atoms with van der Waals surface area (Å²) in [5, 5.41) is 6.13. The second kappa shape index (κ2) is 6.78. The Balaban J connectivity index is 1.31. The summed E-state index contributed by atoms with van der Waals surface area (Å²) in [6.45, 7) is 2.08. The van der Waals surface area contributed by atoms with Gasteiger partial charge >= 0.3 is 0 Å². The van der Waals surface area contributed by atoms with Crippen LogP contribution in [0.25, 0.3) is 11.0 Å². The number of benzene rings is 1. The molecule has 9 nitrogen and oxygen atoms in total. The van der Waals surface area contributed by atoms with Crippen molar-refractivity contribution >= 4 is 32.8 Å². The van der Waals surface area contributed by atoms with Crippen LogP contribution in [0.2, 0.25) is 0 Å². The van der Waals surface area contributed by atoms with Gasteiger partial charge in [0.25, 0.3) is 0 Å². The van der Waals surface area contributed by atoms with Crippen molar-refractivity contribution in [2.24, 2.45) is 5.14 Å². The summed E-state index contributed by atoms with van der Waals surface area (Å²) < 4.78 is 22.8. The lowest BCUT2D eigenvalue weighted by Crippen LogP contribution is -2.57. The molecule has 2 fully saturated rings. The number of anilines is 1. The first-order valence-corrected chi connectivity index (χ1v) is 11.4. The zero-order chi connectivity index (χ0) is 20.9. The smallest absolute Gasteiger partial charge is 0.238 e. The molecule has 3 N–H and O–H groups in total. The molecule has 2 aromatic heterocycles. The summed E-state index contributed by atoms with van der Waals surface area (Å²) in [5.74, 6) is 0.961. The number of rotatable bonds is 4. The van der Waals surface area contributed by atoms with E-state index in [-0.39, 0.29) is 22.8 Å². The van der Waals surface area contributed by atoms with Gasteiger partial charge in [-0.1, -0.05) is 12.1 Å². The lowest BCUT2D eigenvalue weighted by atomic mass is 10.1. The van der Waals surface area contributed by atoms with Crippen LogP contribution in [0.1, 0.15) is 18.4 Å². The number of nitrogens with two attached hydrogens (primary N) is 1. The van der Waals surface area contributed by atoms with Gasteiger partial charge in [0.15, 0.2) is 0 Å². The quantitative estimate of drug-likeness (QED) is 0.642. The number of aromatic amines is 1. The standard InChI is InChI=1S/C20H22N6O3S/c21-30(28,29)15-3-1-14(2-4-15)11-17(27)26-10-9-25(12-20(26)6-7-20)19-16-5-8-22-18(16)23-13-24-19/h1-5,8,13H,6-7,9-12H2,(H2,21,28,29)(H,22,23,24). The minimum Gasteiger partial charge on any atom is -0.352 e. The minimum atomic E-state index is -3.73. The Hall–Kier alpha value is -2.98. The molecule has 0 radical (unpaired) electrons. The first-order valence-electron chi connectivity index (χ1n) is 9.81. The van der Waals surface area contributed by atoms with Gasteiger partial charge in [0.1, 0.15) is 17.8 Å². The van der Waals surface area contributed by atoms with Crippen LogP contribution in [0.15, 0.2) is 47.8 Å². The predicted molar refractivity (Wildman–Crippen MR) is 111 cm³/mol. The van der Waals surface area contributed by atoms with Crippen molar-refractivity contribution in [1.29, 1.82) is 0 Å². The molecule has 1 aromatic carbocycles. The number of fused-ring (bicyclic) bond motifs is 1. The number of carbonyl (C=O) groups is 1. The highest BCUT2D eigenvalue weighted by atomic mass is 32.2. The zero-order valence-corrected chi connectivity index (χ0v) is 17.1. The van der Waals surface area contributed by atoms with Crippen molar-refractivity contribution < 1.29 is 13.2 Å². The Morgan fingerprint density at radius 1 is 1.13 bits per heavy atom. The number of piperazine rings is 1. The zero-order valence-electron chi connectivity index (χ0n) is 16.3. The number of primary sulfonamides is 1. The Bertz CT molecular complexity index is 1220. The van der Waals surface area contributed by atoms with E-state index in [4.69, 9.17) is 5.14 Å². The van der Waals surface area contributed by atoms with Crippen molar-refractivity contribution in [3.8, 4) is 0 Å². The highest BCUT2D eigenvalue weighted by molar-refractivity contribution is 7.89. The van der Waals surface area contributed by atoms with Crippen LogP contribution >= 0.6 is 0 Å². The maximum Gasteiger partial charge on any atom is 0.238 e. The van der Waals surface area contributed by atoms with E-state index in [0.29, 0.717) is 13.1 Å². The molecule has 156 valence electrons. The van der Waals surface area contributed by atoms with E-state index in [1.807, 2.05) is 17.2 Å². The van der Waals surface area contributed by atoms with E-state index >= 15 is 0 Å². The van der Waals surface area contributed by atoms with Gasteiger partial charge in [0.05, 0.1) is 22.2 Å². The van der Waals surface area contributed by atoms with Crippen molar-refractivity contribution in [3.63, 3.8) is 0 Å². The maximum absolute atomic E-state index is 13.1. The van der Waals surface area contributed by atoms with Gasteiger partial charge in [-0.3, -0.25) is 4.79 Å². The molecule has 1 saturated heterocycles. The molecule has 10 heteroatoms. The number of carbonyl (C=O) groups excluding carboxylic acids is 1. The summed E-state index contributed by atoms with van der Waals surface area (Å²) in [5.41, 5.74) is 1.44. The predicted octanol–water partition coefficient (Wildman–Crippen LogP) is 1.03. The molecule has 1 aliphatic carbocycles. The van der Waals surface area contributed by atoms with E-state index in [0.717, 1.165) is 41.8 Å². The van der Waals surface area contributed by atoms with Crippen molar-refractivity contribution in [2.75, 3.05) is 24.5 Å². The third-order valence-corrected chi connectivity index (χ3v) is 6.95. The second-order valence-corrected chi connectivity index (χ2v) is 9.56. The molecule has 0 unspecified atom stereocenters. The topological polar surface area (TPSA) is 125 Å². The highest BCUT2D eigenvalue weighted by Gasteiger charge is 2.53. The van der Waals surface area contributed by atoms with Gasteiger partial charge in [-0.05, 0) is 36.6 Å². The fourth-order valence-electron chi connectivity index (χ4n) is 4.30. The maximum atomic E-state index is 13.1. The second-order valence-electron chi connectivity index (χ2n) is 7.99. The number of aromatic nitrogens is 3. The molecule has 30 heavy (non-hydrogen) atoms. The van der Waals surface area contributed by atoms with Crippen LogP contribution in [-0.2, 0) is 21.2 Å². The van der Waals surface area contributed by atoms with Crippen LogP contribution < -0.4 is 10.0 Å². The summed E-state index contributed by atoms with van der Waals surface area (Å²) in [6, 6.07) is 8.17. The molecule has 0 atom stereocenters. The fourth-order valence-corrected chi connectivity index (χ4v) is 4.81. The van der Waals surface area contributed by atoms with Gasteiger partial charge < -0.3 is 14.8 Å². The number of amides is 1. The number of H-pyrrole nitrogens is 1. The molecule has 1 aliphatic heterocycles. The van der Waals surface area contributed by atoms with Gasteiger partial charge in [-0.2, -0.15) is 0 Å². The minimum absolute atomic E-state index is 0.0481. The van der Waals surface area contributed by atoms with Crippen molar-refractivity contribution in [1.82, 2.24) is 19.9 Å². The van der Waals surface area contributed by atoms with E-state index < -0.39 is 10.0 Å². The van der Waals surface area contributed by atoms with E-state index in [1.54, 1.807) is 18.5 Å². The summed E-state index contributed by atoms with van der Waals surface area (Å²) in [6.07, 6.45) is 5.61. The number of hydrogen-bond donors (Lipinski definition) is 2. The first kappa shape index (κ1) is 19.0. The number of sulfonamides is 1. The van der Waals surface area contributed by atoms with E-state index in [1.165, 1.54) is 12.1 Å². The van der Waals surface area contributed by atoms with Crippen molar-refractivity contribution in [3.05, 3.63) is 48.4 Å². The molecule has 3 heterocycles. The van der Waals surface area contributed by atoms with Gasteiger partial charge in [-0.15, -0.1) is 0 Å².